The molecule has 0 atom stereocenters. The summed E-state index contributed by atoms with van der Waals surface area (Å²) in [5.41, 5.74) is 9.76. The largest absolute Gasteiger partial charge is 0.456 e. The zero-order chi connectivity index (χ0) is 29.1. The lowest BCUT2D eigenvalue weighted by Crippen LogP contribution is -2.44. The number of benzene rings is 3. The fourth-order valence-electron chi connectivity index (χ4n) is 7.98. The van der Waals surface area contributed by atoms with Gasteiger partial charge in [0.1, 0.15) is 22.6 Å². The van der Waals surface area contributed by atoms with Crippen LogP contribution in [0.5, 0.6) is 0 Å². The van der Waals surface area contributed by atoms with Crippen LogP contribution in [0.1, 0.15) is 113 Å². The molecule has 222 valence electrons. The highest BCUT2D eigenvalue weighted by atomic mass is 16.5. The molecule has 0 spiro atoms. The van der Waals surface area contributed by atoms with Crippen molar-refractivity contribution in [2.24, 2.45) is 0 Å². The molecule has 0 amide bonds. The van der Waals surface area contributed by atoms with Crippen LogP contribution in [0.15, 0.2) is 83.9 Å². The van der Waals surface area contributed by atoms with Crippen molar-refractivity contribution in [1.29, 1.82) is 0 Å². The van der Waals surface area contributed by atoms with Gasteiger partial charge in [0.05, 0.1) is 5.52 Å². The standard InChI is InChI=1S/C39H45N3O/c1-2-3-4-5-6-7-8-9-10-17-28-39(42-36-23-16-15-22-35(36)40-41-42)33-26-24-29-18-11-13-20-31(29)37(33)43-38-32-21-14-12-19-30(32)25-27-34(38)39/h11-16,18-23H,2-10,17,24-28H2,1H3. The fraction of sp³-hybridized carbons (Fsp3) is 0.436. The van der Waals surface area contributed by atoms with E-state index in [0.29, 0.717) is 0 Å². The van der Waals surface area contributed by atoms with Crippen molar-refractivity contribution in [3.05, 3.63) is 106 Å². The summed E-state index contributed by atoms with van der Waals surface area (Å²) in [5.74, 6) is 2.12. The minimum atomic E-state index is -0.375. The summed E-state index contributed by atoms with van der Waals surface area (Å²) in [7, 11) is 0. The van der Waals surface area contributed by atoms with E-state index in [1.807, 2.05) is 0 Å². The lowest BCUT2D eigenvalue weighted by atomic mass is 9.67. The van der Waals surface area contributed by atoms with Gasteiger partial charge in [-0.15, -0.1) is 5.10 Å². The number of hydrogen-bond donors (Lipinski definition) is 0. The minimum absolute atomic E-state index is 0.375. The second-order valence-corrected chi connectivity index (χ2v) is 12.8. The van der Waals surface area contributed by atoms with Gasteiger partial charge in [0, 0.05) is 22.3 Å². The normalized spacial score (nSPS) is 16.9. The molecule has 2 heterocycles. The molecular weight excluding hydrogens is 526 g/mol. The van der Waals surface area contributed by atoms with Gasteiger partial charge in [-0.05, 0) is 55.4 Å². The van der Waals surface area contributed by atoms with E-state index in [0.717, 1.165) is 54.7 Å². The maximum Gasteiger partial charge on any atom is 0.136 e. The average Bonchev–Trinajstić information content (AvgIpc) is 3.50. The average molecular weight is 572 g/mol. The van der Waals surface area contributed by atoms with Crippen molar-refractivity contribution >= 4 is 22.6 Å². The lowest BCUT2D eigenvalue weighted by molar-refractivity contribution is 0.280. The third kappa shape index (κ3) is 5.13. The van der Waals surface area contributed by atoms with Crippen molar-refractivity contribution in [2.75, 3.05) is 0 Å². The number of rotatable bonds is 12. The summed E-state index contributed by atoms with van der Waals surface area (Å²) in [6.45, 7) is 2.30. The van der Waals surface area contributed by atoms with Gasteiger partial charge in [0.25, 0.3) is 0 Å². The molecule has 1 aromatic heterocycles. The Morgan fingerprint density at radius 1 is 0.628 bits per heavy atom. The number of aryl methyl sites for hydroxylation is 2. The van der Waals surface area contributed by atoms with Crippen molar-refractivity contribution in [1.82, 2.24) is 15.0 Å². The molecule has 4 aromatic rings. The van der Waals surface area contributed by atoms with Crippen LogP contribution in [0.3, 0.4) is 0 Å². The van der Waals surface area contributed by atoms with Crippen LogP contribution in [0.25, 0.3) is 22.6 Å². The van der Waals surface area contributed by atoms with Gasteiger partial charge in [0.2, 0.25) is 0 Å². The van der Waals surface area contributed by atoms with Crippen molar-refractivity contribution in [2.45, 2.75) is 109 Å². The van der Waals surface area contributed by atoms with E-state index < -0.39 is 0 Å². The quantitative estimate of drug-likeness (QED) is 0.159. The first-order valence-corrected chi connectivity index (χ1v) is 16.9. The second kappa shape index (κ2) is 12.5. The van der Waals surface area contributed by atoms with Crippen molar-refractivity contribution in [3.8, 4) is 0 Å². The topological polar surface area (TPSA) is 39.9 Å². The van der Waals surface area contributed by atoms with E-state index >= 15 is 0 Å². The zero-order valence-electron chi connectivity index (χ0n) is 25.8. The summed E-state index contributed by atoms with van der Waals surface area (Å²) in [4.78, 5) is 0. The summed E-state index contributed by atoms with van der Waals surface area (Å²) < 4.78 is 9.42. The smallest absolute Gasteiger partial charge is 0.136 e. The summed E-state index contributed by atoms with van der Waals surface area (Å²) in [5, 5.41) is 9.72. The van der Waals surface area contributed by atoms with Crippen molar-refractivity contribution in [3.63, 3.8) is 0 Å². The highest BCUT2D eigenvalue weighted by Crippen LogP contribution is 2.56. The van der Waals surface area contributed by atoms with E-state index in [4.69, 9.17) is 15.0 Å². The Morgan fingerprint density at radius 2 is 1.16 bits per heavy atom. The monoisotopic (exact) mass is 571 g/mol. The Morgan fingerprint density at radius 3 is 1.79 bits per heavy atom. The van der Waals surface area contributed by atoms with Crippen LogP contribution in [0.4, 0.5) is 0 Å². The molecule has 0 unspecified atom stereocenters. The number of para-hydroxylation sites is 1. The van der Waals surface area contributed by atoms with E-state index in [-0.39, 0.29) is 5.54 Å². The summed E-state index contributed by atoms with van der Waals surface area (Å²) in [6.07, 6.45) is 18.4. The van der Waals surface area contributed by atoms with Gasteiger partial charge >= 0.3 is 0 Å². The molecule has 43 heavy (non-hydrogen) atoms. The Labute approximate surface area is 256 Å². The first kappa shape index (κ1) is 28.1. The molecule has 0 saturated carbocycles. The second-order valence-electron chi connectivity index (χ2n) is 12.8. The molecule has 4 nitrogen and oxygen atoms in total. The molecule has 3 aromatic carbocycles. The number of ether oxygens (including phenoxy) is 1. The maximum absolute atomic E-state index is 7.11. The number of nitrogens with zero attached hydrogens (tertiary/aromatic N) is 3. The molecule has 0 bridgehead atoms. The minimum Gasteiger partial charge on any atom is -0.456 e. The Bertz CT molecular complexity index is 1590. The molecule has 0 fully saturated rings. The Hall–Kier alpha value is -3.66. The van der Waals surface area contributed by atoms with E-state index in [1.54, 1.807) is 0 Å². The van der Waals surface area contributed by atoms with Crippen LogP contribution >= 0.6 is 0 Å². The molecule has 1 aliphatic heterocycles. The van der Waals surface area contributed by atoms with Crippen LogP contribution in [-0.2, 0) is 23.1 Å². The zero-order valence-corrected chi connectivity index (χ0v) is 25.8. The molecule has 4 heteroatoms. The van der Waals surface area contributed by atoms with E-state index in [2.05, 4.69) is 84.4 Å². The van der Waals surface area contributed by atoms with Gasteiger partial charge in [-0.3, -0.25) is 0 Å². The van der Waals surface area contributed by atoms with E-state index in [9.17, 15) is 0 Å². The van der Waals surface area contributed by atoms with Gasteiger partial charge in [-0.1, -0.05) is 137 Å². The first-order chi connectivity index (χ1) is 21.3. The highest BCUT2D eigenvalue weighted by molar-refractivity contribution is 5.85. The third-order valence-corrected chi connectivity index (χ3v) is 10.2. The molecule has 0 saturated heterocycles. The van der Waals surface area contributed by atoms with Crippen LogP contribution in [0.2, 0.25) is 0 Å². The van der Waals surface area contributed by atoms with Crippen LogP contribution in [-0.4, -0.2) is 15.0 Å². The van der Waals surface area contributed by atoms with Crippen LogP contribution in [0, 0.1) is 0 Å². The van der Waals surface area contributed by atoms with Crippen molar-refractivity contribution < 1.29 is 4.74 Å². The highest BCUT2D eigenvalue weighted by Gasteiger charge is 2.50. The molecular formula is C39H45N3O. The molecule has 3 aliphatic rings. The number of hydrogen-bond acceptors (Lipinski definition) is 3. The Balaban J connectivity index is 1.30. The summed E-state index contributed by atoms with van der Waals surface area (Å²) >= 11 is 0. The molecule has 0 radical (unpaired) electrons. The number of fused-ring (bicyclic) bond motifs is 5. The number of unbranched alkanes of at least 4 members (excludes halogenated alkanes) is 9. The van der Waals surface area contributed by atoms with Gasteiger partial charge < -0.3 is 4.74 Å². The van der Waals surface area contributed by atoms with Crippen LogP contribution < -0.4 is 0 Å². The fourth-order valence-corrected chi connectivity index (χ4v) is 7.98. The predicted molar refractivity (Wildman–Crippen MR) is 176 cm³/mol. The van der Waals surface area contributed by atoms with E-state index in [1.165, 1.54) is 97.6 Å². The lowest BCUT2D eigenvalue weighted by Gasteiger charge is -2.47. The maximum atomic E-state index is 7.11. The number of aromatic nitrogens is 3. The summed E-state index contributed by atoms with van der Waals surface area (Å²) in [6, 6.07) is 26.2. The molecule has 2 aliphatic carbocycles. The van der Waals surface area contributed by atoms with Gasteiger partial charge in [-0.25, -0.2) is 4.68 Å². The first-order valence-electron chi connectivity index (χ1n) is 16.9. The SMILES string of the molecule is CCCCCCCCCCCCC1(n2nnc3ccccc32)C2=C(OC3=C1CCc1ccccc13)c1ccccc1CC2. The molecule has 7 rings (SSSR count). The Kier molecular flexibility index (Phi) is 8.19. The number of allylic oxidation sites excluding steroid dienone is 2. The van der Waals surface area contributed by atoms with Gasteiger partial charge in [-0.2, -0.15) is 0 Å². The van der Waals surface area contributed by atoms with Gasteiger partial charge in [0.15, 0.2) is 0 Å². The third-order valence-electron chi connectivity index (χ3n) is 10.2. The predicted octanol–water partition coefficient (Wildman–Crippen LogP) is 10.2. The molecule has 0 N–H and O–H groups in total.